The summed E-state index contributed by atoms with van der Waals surface area (Å²) in [5, 5.41) is 12.2. The number of methoxy groups -OCH3 is 1. The number of hydrogen-bond acceptors (Lipinski definition) is 6. The van der Waals surface area contributed by atoms with Gasteiger partial charge >= 0.3 is 0 Å². The van der Waals surface area contributed by atoms with Gasteiger partial charge in [0.05, 0.1) is 47.8 Å². The number of hydrogen-bond donors (Lipinski definition) is 3. The number of benzene rings is 1. The topological polar surface area (TPSA) is 121 Å². The fourth-order valence-corrected chi connectivity index (χ4v) is 4.84. The second-order valence-electron chi connectivity index (χ2n) is 11.1. The molecule has 206 valence electrons. The van der Waals surface area contributed by atoms with Crippen molar-refractivity contribution in [2.45, 2.75) is 27.2 Å². The standard InChI is InChI=1S/C31H28FN7O2/c1-31(2,3)13-28(40)36-20-8-18(14-33-15-20)25-11-23-27(16-35-25)38-39-30(23)26-12-22-24(37-26)5-6-34-29(22)17-7-19(32)10-21(9-17)41-4/h5-12,14-16,37H,13H2,1-4H3,(H,36,40)(H,38,39). The lowest BCUT2D eigenvalue weighted by Gasteiger charge is -2.17. The molecule has 0 aliphatic carbocycles. The van der Waals surface area contributed by atoms with Gasteiger partial charge in [-0.05, 0) is 41.8 Å². The highest BCUT2D eigenvalue weighted by molar-refractivity contribution is 6.00. The molecule has 0 spiro atoms. The number of pyridine rings is 3. The molecule has 3 N–H and O–H groups in total. The number of aromatic nitrogens is 6. The molecule has 0 radical (unpaired) electrons. The van der Waals surface area contributed by atoms with E-state index in [0.717, 1.165) is 33.1 Å². The first kappa shape index (κ1) is 26.1. The summed E-state index contributed by atoms with van der Waals surface area (Å²) in [6.45, 7) is 6.06. The molecule has 5 heterocycles. The number of H-pyrrole nitrogens is 2. The monoisotopic (exact) mass is 549 g/mol. The second-order valence-corrected chi connectivity index (χ2v) is 11.1. The summed E-state index contributed by atoms with van der Waals surface area (Å²) in [5.41, 5.74) is 6.23. The van der Waals surface area contributed by atoms with Gasteiger partial charge in [-0.1, -0.05) is 20.8 Å². The number of anilines is 1. The van der Waals surface area contributed by atoms with E-state index in [1.165, 1.54) is 19.2 Å². The lowest BCUT2D eigenvalue weighted by Crippen LogP contribution is -2.19. The van der Waals surface area contributed by atoms with Gasteiger partial charge in [0, 0.05) is 52.3 Å². The minimum atomic E-state index is -0.403. The number of rotatable bonds is 6. The fraction of sp³-hybridized carbons (Fsp3) is 0.194. The molecule has 9 nitrogen and oxygen atoms in total. The summed E-state index contributed by atoms with van der Waals surface area (Å²) in [4.78, 5) is 29.3. The second kappa shape index (κ2) is 10.1. The van der Waals surface area contributed by atoms with Crippen molar-refractivity contribution in [2.75, 3.05) is 12.4 Å². The predicted octanol–water partition coefficient (Wildman–Crippen LogP) is 6.75. The molecular weight excluding hydrogens is 521 g/mol. The highest BCUT2D eigenvalue weighted by Gasteiger charge is 2.18. The number of aromatic amines is 2. The van der Waals surface area contributed by atoms with E-state index in [1.807, 2.05) is 45.0 Å². The third-order valence-electron chi connectivity index (χ3n) is 6.64. The van der Waals surface area contributed by atoms with E-state index < -0.39 is 5.82 Å². The zero-order chi connectivity index (χ0) is 28.7. The van der Waals surface area contributed by atoms with E-state index in [0.29, 0.717) is 40.5 Å². The Morgan fingerprint density at radius 3 is 2.59 bits per heavy atom. The van der Waals surface area contributed by atoms with Gasteiger partial charge in [-0.25, -0.2) is 4.39 Å². The molecule has 1 amide bonds. The van der Waals surface area contributed by atoms with Crippen LogP contribution in [0.1, 0.15) is 27.2 Å². The Bertz CT molecular complexity index is 1920. The van der Waals surface area contributed by atoms with Crippen molar-refractivity contribution >= 4 is 33.4 Å². The molecule has 1 aromatic carbocycles. The van der Waals surface area contributed by atoms with Crippen LogP contribution in [0.15, 0.2) is 67.3 Å². The van der Waals surface area contributed by atoms with Gasteiger partial charge in [0.2, 0.25) is 5.91 Å². The molecule has 0 unspecified atom stereocenters. The average Bonchev–Trinajstić information content (AvgIpc) is 3.55. The van der Waals surface area contributed by atoms with Crippen LogP contribution >= 0.6 is 0 Å². The summed E-state index contributed by atoms with van der Waals surface area (Å²) in [7, 11) is 1.50. The number of nitrogens with one attached hydrogen (secondary N) is 3. The van der Waals surface area contributed by atoms with Gasteiger partial charge in [0.15, 0.2) is 0 Å². The van der Waals surface area contributed by atoms with E-state index in [9.17, 15) is 9.18 Å². The Labute approximate surface area is 235 Å². The van der Waals surface area contributed by atoms with Crippen molar-refractivity contribution in [1.29, 1.82) is 0 Å². The molecule has 0 aliphatic heterocycles. The fourth-order valence-electron chi connectivity index (χ4n) is 4.84. The summed E-state index contributed by atoms with van der Waals surface area (Å²) in [5.74, 6) is -0.0545. The third-order valence-corrected chi connectivity index (χ3v) is 6.64. The first-order valence-electron chi connectivity index (χ1n) is 13.1. The molecule has 0 aliphatic rings. The molecule has 0 saturated heterocycles. The van der Waals surface area contributed by atoms with Gasteiger partial charge in [-0.2, -0.15) is 5.10 Å². The molecule has 5 aromatic heterocycles. The highest BCUT2D eigenvalue weighted by Crippen LogP contribution is 2.35. The lowest BCUT2D eigenvalue weighted by atomic mass is 9.92. The SMILES string of the molecule is COc1cc(F)cc(-c2nccc3[nH]c(-c4n[nH]c5cnc(-c6cncc(NC(=O)CC(C)(C)C)c6)cc45)cc23)c1. The highest BCUT2D eigenvalue weighted by atomic mass is 19.1. The molecule has 6 aromatic rings. The summed E-state index contributed by atoms with van der Waals surface area (Å²) >= 11 is 0. The minimum absolute atomic E-state index is 0.0682. The first-order valence-corrected chi connectivity index (χ1v) is 13.1. The number of amides is 1. The molecule has 0 bridgehead atoms. The number of carbonyl (C=O) groups excluding carboxylic acids is 1. The number of fused-ring (bicyclic) bond motifs is 2. The van der Waals surface area contributed by atoms with Crippen LogP contribution in [-0.2, 0) is 4.79 Å². The molecule has 41 heavy (non-hydrogen) atoms. The van der Waals surface area contributed by atoms with Gasteiger partial charge in [0.1, 0.15) is 17.3 Å². The zero-order valence-corrected chi connectivity index (χ0v) is 23.0. The van der Waals surface area contributed by atoms with E-state index >= 15 is 0 Å². The van der Waals surface area contributed by atoms with Crippen molar-refractivity contribution in [2.24, 2.45) is 5.41 Å². The van der Waals surface area contributed by atoms with Gasteiger partial charge in [-0.3, -0.25) is 24.8 Å². The number of ether oxygens (including phenoxy) is 1. The van der Waals surface area contributed by atoms with Crippen LogP contribution in [-0.4, -0.2) is 43.2 Å². The molecule has 6 rings (SSSR count). The Morgan fingerprint density at radius 1 is 0.951 bits per heavy atom. The largest absolute Gasteiger partial charge is 0.497 e. The Hall–Kier alpha value is -5.12. The van der Waals surface area contributed by atoms with Crippen molar-refractivity contribution in [3.8, 4) is 39.7 Å². The predicted molar refractivity (Wildman–Crippen MR) is 157 cm³/mol. The maximum atomic E-state index is 14.3. The Kier molecular flexibility index (Phi) is 6.45. The Morgan fingerprint density at radius 2 is 1.78 bits per heavy atom. The van der Waals surface area contributed by atoms with Crippen LogP contribution in [0.3, 0.4) is 0 Å². The van der Waals surface area contributed by atoms with Crippen LogP contribution < -0.4 is 10.1 Å². The van der Waals surface area contributed by atoms with Crippen LogP contribution in [0.2, 0.25) is 0 Å². The van der Waals surface area contributed by atoms with E-state index in [2.05, 4.69) is 35.5 Å². The first-order chi connectivity index (χ1) is 19.7. The maximum Gasteiger partial charge on any atom is 0.224 e. The smallest absolute Gasteiger partial charge is 0.224 e. The van der Waals surface area contributed by atoms with E-state index in [1.54, 1.807) is 30.9 Å². The van der Waals surface area contributed by atoms with Crippen LogP contribution in [0, 0.1) is 11.2 Å². The quantitative estimate of drug-likeness (QED) is 0.211. The summed E-state index contributed by atoms with van der Waals surface area (Å²) < 4.78 is 19.5. The van der Waals surface area contributed by atoms with Crippen molar-refractivity contribution in [3.63, 3.8) is 0 Å². The molecule has 0 atom stereocenters. The number of carbonyl (C=O) groups is 1. The van der Waals surface area contributed by atoms with Gasteiger partial charge < -0.3 is 15.0 Å². The average molecular weight is 550 g/mol. The minimum Gasteiger partial charge on any atom is -0.497 e. The number of halogens is 1. The van der Waals surface area contributed by atoms with Crippen LogP contribution in [0.25, 0.3) is 55.7 Å². The lowest BCUT2D eigenvalue weighted by molar-refractivity contribution is -0.117. The number of nitrogens with zero attached hydrogens (tertiary/aromatic N) is 4. The van der Waals surface area contributed by atoms with Crippen molar-refractivity contribution < 1.29 is 13.9 Å². The van der Waals surface area contributed by atoms with Crippen molar-refractivity contribution in [3.05, 3.63) is 73.1 Å². The molecule has 0 saturated carbocycles. The summed E-state index contributed by atoms with van der Waals surface area (Å²) in [6, 6.07) is 12.1. The van der Waals surface area contributed by atoms with Gasteiger partial charge in [0.25, 0.3) is 0 Å². The van der Waals surface area contributed by atoms with Crippen LogP contribution in [0.5, 0.6) is 5.75 Å². The molecule has 10 heteroatoms. The van der Waals surface area contributed by atoms with Gasteiger partial charge in [-0.15, -0.1) is 0 Å². The summed E-state index contributed by atoms with van der Waals surface area (Å²) in [6.07, 6.45) is 7.13. The molecular formula is C31H28FN7O2. The van der Waals surface area contributed by atoms with Crippen molar-refractivity contribution in [1.82, 2.24) is 30.1 Å². The third kappa shape index (κ3) is 5.36. The molecule has 0 fully saturated rings. The normalized spacial score (nSPS) is 11.7. The zero-order valence-electron chi connectivity index (χ0n) is 23.0. The van der Waals surface area contributed by atoms with Crippen LogP contribution in [0.4, 0.5) is 10.1 Å². The van der Waals surface area contributed by atoms with E-state index in [4.69, 9.17) is 4.74 Å². The van der Waals surface area contributed by atoms with E-state index in [-0.39, 0.29) is 11.3 Å². The maximum absolute atomic E-state index is 14.3. The Balaban J connectivity index is 1.37.